The molecule has 0 spiro atoms. The Bertz CT molecular complexity index is 984. The Kier molecular flexibility index (Phi) is 5.30. The third-order valence-corrected chi connectivity index (χ3v) is 4.01. The summed E-state index contributed by atoms with van der Waals surface area (Å²) in [4.78, 5) is 20.5. The first kappa shape index (κ1) is 19.3. The second-order valence-corrected chi connectivity index (χ2v) is 6.27. The molecule has 1 amide bonds. The number of nitrogens with one attached hydrogen (secondary N) is 2. The van der Waals surface area contributed by atoms with Gasteiger partial charge in [-0.2, -0.15) is 13.2 Å². The minimum absolute atomic E-state index is 0.186. The van der Waals surface area contributed by atoms with Gasteiger partial charge in [0.2, 0.25) is 5.95 Å². The van der Waals surface area contributed by atoms with Crippen molar-refractivity contribution in [3.63, 3.8) is 0 Å². The minimum atomic E-state index is -4.42. The number of alkyl halides is 3. The Morgan fingerprint density at radius 2 is 1.61 bits per heavy atom. The van der Waals surface area contributed by atoms with Crippen molar-refractivity contribution >= 4 is 23.2 Å². The molecule has 0 unspecified atom stereocenters. The Balaban J connectivity index is 1.66. The van der Waals surface area contributed by atoms with Gasteiger partial charge in [-0.3, -0.25) is 4.79 Å². The van der Waals surface area contributed by atoms with E-state index in [0.29, 0.717) is 5.95 Å². The lowest BCUT2D eigenvalue weighted by Gasteiger charge is -2.10. The number of carbonyl (C=O) groups excluding carboxylic acids is 1. The summed E-state index contributed by atoms with van der Waals surface area (Å²) < 4.78 is 37.7. The van der Waals surface area contributed by atoms with E-state index in [1.54, 1.807) is 0 Å². The van der Waals surface area contributed by atoms with Crippen LogP contribution in [-0.2, 0) is 6.18 Å². The number of nitrogens with zero attached hydrogens (tertiary/aromatic N) is 2. The van der Waals surface area contributed by atoms with Crippen molar-refractivity contribution in [1.29, 1.82) is 0 Å². The van der Waals surface area contributed by atoms with E-state index in [9.17, 15) is 18.0 Å². The third kappa shape index (κ3) is 4.64. The van der Waals surface area contributed by atoms with Crippen LogP contribution >= 0.6 is 0 Å². The Hall–Kier alpha value is -3.42. The minimum Gasteiger partial charge on any atom is -0.324 e. The summed E-state index contributed by atoms with van der Waals surface area (Å²) in [6, 6.07) is 10.1. The molecule has 1 aromatic heterocycles. The van der Waals surface area contributed by atoms with Crippen LogP contribution in [0.25, 0.3) is 0 Å². The summed E-state index contributed by atoms with van der Waals surface area (Å²) >= 11 is 0. The zero-order chi connectivity index (χ0) is 20.3. The lowest BCUT2D eigenvalue weighted by Crippen LogP contribution is -2.13. The molecule has 0 saturated carbocycles. The highest BCUT2D eigenvalue weighted by molar-refractivity contribution is 6.03. The van der Waals surface area contributed by atoms with Crippen LogP contribution in [0, 0.1) is 13.8 Å². The van der Waals surface area contributed by atoms with Crippen LogP contribution in [-0.4, -0.2) is 15.9 Å². The largest absolute Gasteiger partial charge is 0.416 e. The fourth-order valence-corrected chi connectivity index (χ4v) is 2.53. The van der Waals surface area contributed by atoms with Crippen LogP contribution in [0.1, 0.15) is 27.0 Å². The quantitative estimate of drug-likeness (QED) is 0.654. The second kappa shape index (κ2) is 7.67. The molecule has 0 atom stereocenters. The van der Waals surface area contributed by atoms with Crippen molar-refractivity contribution in [2.45, 2.75) is 20.0 Å². The average Bonchev–Trinajstić information content (AvgIpc) is 2.64. The molecule has 8 heteroatoms. The number of benzene rings is 2. The molecule has 0 aliphatic rings. The molecule has 3 rings (SSSR count). The maximum Gasteiger partial charge on any atom is 0.416 e. The van der Waals surface area contributed by atoms with Crippen LogP contribution in [0.2, 0.25) is 0 Å². The number of hydrogen-bond donors (Lipinski definition) is 2. The molecule has 144 valence electrons. The van der Waals surface area contributed by atoms with Gasteiger partial charge in [-0.15, -0.1) is 0 Å². The third-order valence-electron chi connectivity index (χ3n) is 4.01. The Morgan fingerprint density at radius 1 is 0.964 bits per heavy atom. The van der Waals surface area contributed by atoms with Gasteiger partial charge in [0, 0.05) is 23.8 Å². The summed E-state index contributed by atoms with van der Waals surface area (Å²) in [6.07, 6.45) is -1.73. The van der Waals surface area contributed by atoms with E-state index in [0.717, 1.165) is 28.9 Å². The summed E-state index contributed by atoms with van der Waals surface area (Å²) in [7, 11) is 0. The van der Waals surface area contributed by atoms with Gasteiger partial charge < -0.3 is 10.6 Å². The molecule has 5 nitrogen and oxygen atoms in total. The molecule has 0 aliphatic carbocycles. The zero-order valence-corrected chi connectivity index (χ0v) is 15.1. The summed E-state index contributed by atoms with van der Waals surface area (Å²) in [5.74, 6) is -0.184. The topological polar surface area (TPSA) is 66.9 Å². The predicted octanol–water partition coefficient (Wildman–Crippen LogP) is 5.11. The average molecular weight is 386 g/mol. The number of rotatable bonds is 4. The summed E-state index contributed by atoms with van der Waals surface area (Å²) in [6.45, 7) is 3.96. The van der Waals surface area contributed by atoms with Gasteiger partial charge in [0.15, 0.2) is 0 Å². The fraction of sp³-hybridized carbons (Fsp3) is 0.150. The van der Waals surface area contributed by atoms with E-state index in [1.807, 2.05) is 32.0 Å². The Morgan fingerprint density at radius 3 is 2.18 bits per heavy atom. The highest BCUT2D eigenvalue weighted by Crippen LogP contribution is 2.29. The van der Waals surface area contributed by atoms with Gasteiger partial charge in [0.25, 0.3) is 5.91 Å². The molecule has 0 radical (unpaired) electrons. The van der Waals surface area contributed by atoms with E-state index in [1.165, 1.54) is 24.5 Å². The highest BCUT2D eigenvalue weighted by atomic mass is 19.4. The molecule has 0 aliphatic heterocycles. The number of amides is 1. The molecular formula is C20H17F3N4O. The molecule has 0 saturated heterocycles. The van der Waals surface area contributed by atoms with E-state index in [2.05, 4.69) is 20.6 Å². The predicted molar refractivity (Wildman–Crippen MR) is 101 cm³/mol. The molecule has 3 aromatic rings. The lowest BCUT2D eigenvalue weighted by molar-refractivity contribution is -0.137. The highest BCUT2D eigenvalue weighted by Gasteiger charge is 2.30. The van der Waals surface area contributed by atoms with Crippen molar-refractivity contribution in [1.82, 2.24) is 9.97 Å². The smallest absolute Gasteiger partial charge is 0.324 e. The normalized spacial score (nSPS) is 11.2. The lowest BCUT2D eigenvalue weighted by atomic mass is 10.1. The van der Waals surface area contributed by atoms with E-state index in [4.69, 9.17) is 0 Å². The van der Waals surface area contributed by atoms with E-state index >= 15 is 0 Å². The van der Waals surface area contributed by atoms with Crippen molar-refractivity contribution in [3.05, 3.63) is 77.1 Å². The van der Waals surface area contributed by atoms with E-state index < -0.39 is 17.6 Å². The van der Waals surface area contributed by atoms with Crippen LogP contribution < -0.4 is 10.6 Å². The van der Waals surface area contributed by atoms with Crippen LogP contribution in [0.4, 0.5) is 30.5 Å². The van der Waals surface area contributed by atoms with Gasteiger partial charge >= 0.3 is 6.18 Å². The standard InChI is InChI=1S/C20H17F3N4O/c1-12-3-8-17(13(2)9-12)27-19-24-10-14(11-25-19)18(28)26-16-6-4-15(5-7-16)20(21,22)23/h3-11H,1-2H3,(H,26,28)(H,24,25,27). The molecule has 2 N–H and O–H groups in total. The van der Waals surface area contributed by atoms with Gasteiger partial charge in [-0.05, 0) is 49.7 Å². The maximum atomic E-state index is 12.6. The fourth-order valence-electron chi connectivity index (χ4n) is 2.53. The SMILES string of the molecule is Cc1ccc(Nc2ncc(C(=O)Nc3ccc(C(F)(F)F)cc3)cn2)c(C)c1. The zero-order valence-electron chi connectivity index (χ0n) is 15.1. The number of halogens is 3. The van der Waals surface area contributed by atoms with Crippen molar-refractivity contribution in [3.8, 4) is 0 Å². The molecule has 28 heavy (non-hydrogen) atoms. The van der Waals surface area contributed by atoms with Gasteiger partial charge in [-0.25, -0.2) is 9.97 Å². The number of hydrogen-bond acceptors (Lipinski definition) is 4. The summed E-state index contributed by atoms with van der Waals surface area (Å²) in [5.41, 5.74) is 2.68. The van der Waals surface area contributed by atoms with Crippen molar-refractivity contribution < 1.29 is 18.0 Å². The number of carbonyl (C=O) groups is 1. The molecule has 1 heterocycles. The number of aromatic nitrogens is 2. The van der Waals surface area contributed by atoms with Gasteiger partial charge in [-0.1, -0.05) is 17.7 Å². The second-order valence-electron chi connectivity index (χ2n) is 6.27. The van der Waals surface area contributed by atoms with Gasteiger partial charge in [0.1, 0.15) is 0 Å². The number of aryl methyl sites for hydroxylation is 2. The maximum absolute atomic E-state index is 12.6. The molecule has 0 fully saturated rings. The van der Waals surface area contributed by atoms with Crippen LogP contribution in [0.15, 0.2) is 54.9 Å². The first-order valence-electron chi connectivity index (χ1n) is 8.37. The van der Waals surface area contributed by atoms with Crippen LogP contribution in [0.3, 0.4) is 0 Å². The monoisotopic (exact) mass is 386 g/mol. The summed E-state index contributed by atoms with van der Waals surface area (Å²) in [5, 5.41) is 5.59. The van der Waals surface area contributed by atoms with Gasteiger partial charge in [0.05, 0.1) is 11.1 Å². The first-order chi connectivity index (χ1) is 13.2. The van der Waals surface area contributed by atoms with Crippen molar-refractivity contribution in [2.75, 3.05) is 10.6 Å². The van der Waals surface area contributed by atoms with Crippen molar-refractivity contribution in [2.24, 2.45) is 0 Å². The number of anilines is 3. The Labute approximate surface area is 159 Å². The molecular weight excluding hydrogens is 369 g/mol. The molecule has 0 bridgehead atoms. The first-order valence-corrected chi connectivity index (χ1v) is 8.37. The van der Waals surface area contributed by atoms with Crippen LogP contribution in [0.5, 0.6) is 0 Å². The van der Waals surface area contributed by atoms with E-state index in [-0.39, 0.29) is 11.3 Å². The molecule has 2 aromatic carbocycles.